The Morgan fingerprint density at radius 1 is 1.53 bits per heavy atom. The number of aldehydes is 1. The lowest BCUT2D eigenvalue weighted by molar-refractivity contribution is 0.112. The molecule has 1 fully saturated rings. The van der Waals surface area contributed by atoms with E-state index in [9.17, 15) is 4.79 Å². The summed E-state index contributed by atoms with van der Waals surface area (Å²) >= 11 is 6.03. The van der Waals surface area contributed by atoms with E-state index in [0.29, 0.717) is 16.6 Å². The minimum Gasteiger partial charge on any atom is -0.302 e. The molecule has 0 amide bonds. The first kappa shape index (κ1) is 8.92. The summed E-state index contributed by atoms with van der Waals surface area (Å²) < 4.78 is 1.98. The van der Waals surface area contributed by atoms with Crippen LogP contribution in [0.5, 0.6) is 0 Å². The molecule has 0 unspecified atom stereocenters. The van der Waals surface area contributed by atoms with Gasteiger partial charge in [0.25, 0.3) is 0 Å². The van der Waals surface area contributed by atoms with Gasteiger partial charge >= 0.3 is 0 Å². The molecule has 4 heteroatoms. The highest BCUT2D eigenvalue weighted by atomic mass is 35.5. The van der Waals surface area contributed by atoms with Gasteiger partial charge in [-0.2, -0.15) is 0 Å². The van der Waals surface area contributed by atoms with Gasteiger partial charge in [-0.15, -0.1) is 0 Å². The number of hydrogen-bond donors (Lipinski definition) is 0. The topological polar surface area (TPSA) is 34.4 Å². The fraction of sp³-hybridized carbons (Fsp3) is 0.273. The van der Waals surface area contributed by atoms with E-state index in [1.807, 2.05) is 10.6 Å². The van der Waals surface area contributed by atoms with Crippen LogP contribution in [0.3, 0.4) is 0 Å². The molecule has 0 saturated heterocycles. The zero-order valence-corrected chi connectivity index (χ0v) is 8.74. The first-order chi connectivity index (χ1) is 7.29. The highest BCUT2D eigenvalue weighted by Gasteiger charge is 2.28. The molecule has 1 aliphatic carbocycles. The van der Waals surface area contributed by atoms with Crippen LogP contribution < -0.4 is 0 Å². The van der Waals surface area contributed by atoms with Gasteiger partial charge in [-0.05, 0) is 25.0 Å². The van der Waals surface area contributed by atoms with Gasteiger partial charge in [-0.3, -0.25) is 4.79 Å². The quantitative estimate of drug-likeness (QED) is 0.730. The van der Waals surface area contributed by atoms with Crippen molar-refractivity contribution in [2.45, 2.75) is 18.8 Å². The van der Waals surface area contributed by atoms with E-state index in [1.54, 1.807) is 12.1 Å². The number of nitrogens with zero attached hydrogens (tertiary/aromatic N) is 2. The van der Waals surface area contributed by atoms with Gasteiger partial charge in [-0.1, -0.05) is 11.6 Å². The third-order valence-electron chi connectivity index (χ3n) is 2.73. The molecule has 2 aromatic rings. The Morgan fingerprint density at radius 2 is 2.33 bits per heavy atom. The van der Waals surface area contributed by atoms with Crippen molar-refractivity contribution in [3.63, 3.8) is 0 Å². The number of pyridine rings is 1. The van der Waals surface area contributed by atoms with Crippen LogP contribution in [0, 0.1) is 0 Å². The van der Waals surface area contributed by atoms with Crippen LogP contribution >= 0.6 is 11.6 Å². The maximum atomic E-state index is 10.6. The molecule has 0 atom stereocenters. The summed E-state index contributed by atoms with van der Waals surface area (Å²) in [7, 11) is 0. The molecule has 76 valence electrons. The Kier molecular flexibility index (Phi) is 1.83. The third kappa shape index (κ3) is 1.35. The van der Waals surface area contributed by atoms with Crippen molar-refractivity contribution in [1.82, 2.24) is 9.38 Å². The molecular weight excluding hydrogens is 212 g/mol. The number of hydrogen-bond acceptors (Lipinski definition) is 2. The van der Waals surface area contributed by atoms with E-state index in [4.69, 9.17) is 11.6 Å². The van der Waals surface area contributed by atoms with Crippen molar-refractivity contribution >= 4 is 23.4 Å². The van der Waals surface area contributed by atoms with E-state index in [0.717, 1.165) is 17.6 Å². The predicted octanol–water partition coefficient (Wildman–Crippen LogP) is 2.68. The lowest BCUT2D eigenvalue weighted by atomic mass is 10.3. The second kappa shape index (κ2) is 3.07. The minimum absolute atomic E-state index is 0.487. The SMILES string of the molecule is O=Cc1ccn2c(C3CC3)nc(Cl)c2c1. The van der Waals surface area contributed by atoms with Crippen molar-refractivity contribution < 1.29 is 4.79 Å². The zero-order valence-electron chi connectivity index (χ0n) is 7.98. The van der Waals surface area contributed by atoms with Crippen LogP contribution in [-0.2, 0) is 0 Å². The number of carbonyl (C=O) groups excluding carboxylic acids is 1. The van der Waals surface area contributed by atoms with E-state index in [2.05, 4.69) is 4.98 Å². The van der Waals surface area contributed by atoms with E-state index in [1.165, 1.54) is 12.8 Å². The van der Waals surface area contributed by atoms with Gasteiger partial charge < -0.3 is 4.40 Å². The molecule has 0 spiro atoms. The number of imidazole rings is 1. The van der Waals surface area contributed by atoms with Crippen LogP contribution in [0.1, 0.15) is 34.9 Å². The van der Waals surface area contributed by atoms with Gasteiger partial charge in [0, 0.05) is 17.7 Å². The maximum Gasteiger partial charge on any atom is 0.155 e. The third-order valence-corrected chi connectivity index (χ3v) is 3.01. The number of aromatic nitrogens is 2. The number of carbonyl (C=O) groups is 1. The summed E-state index contributed by atoms with van der Waals surface area (Å²) in [4.78, 5) is 15.0. The molecule has 0 aromatic carbocycles. The molecule has 2 aromatic heterocycles. The zero-order chi connectivity index (χ0) is 10.4. The molecule has 0 radical (unpaired) electrons. The van der Waals surface area contributed by atoms with E-state index in [-0.39, 0.29) is 0 Å². The molecular formula is C11H9ClN2O. The van der Waals surface area contributed by atoms with Gasteiger partial charge in [0.05, 0.1) is 5.52 Å². The average Bonchev–Trinajstić information content (AvgIpc) is 3.05. The second-order valence-electron chi connectivity index (χ2n) is 3.87. The summed E-state index contributed by atoms with van der Waals surface area (Å²) in [6.07, 6.45) is 5.06. The Bertz CT molecular complexity index is 543. The van der Waals surface area contributed by atoms with Gasteiger partial charge in [0.2, 0.25) is 0 Å². The van der Waals surface area contributed by atoms with Crippen LogP contribution in [0.4, 0.5) is 0 Å². The van der Waals surface area contributed by atoms with Crippen molar-refractivity contribution in [1.29, 1.82) is 0 Å². The monoisotopic (exact) mass is 220 g/mol. The van der Waals surface area contributed by atoms with Crippen LogP contribution in [-0.4, -0.2) is 15.7 Å². The molecule has 3 rings (SSSR count). The summed E-state index contributed by atoms with van der Waals surface area (Å²) in [5.41, 5.74) is 1.45. The first-order valence-corrected chi connectivity index (χ1v) is 5.30. The smallest absolute Gasteiger partial charge is 0.155 e. The molecule has 1 aliphatic rings. The van der Waals surface area contributed by atoms with Crippen LogP contribution in [0.2, 0.25) is 5.15 Å². The molecule has 0 aliphatic heterocycles. The normalized spacial score (nSPS) is 15.8. The summed E-state index contributed by atoms with van der Waals surface area (Å²) in [6, 6.07) is 3.55. The van der Waals surface area contributed by atoms with Crippen LogP contribution in [0.25, 0.3) is 5.52 Å². The predicted molar refractivity (Wildman–Crippen MR) is 57.6 cm³/mol. The average molecular weight is 221 g/mol. The largest absolute Gasteiger partial charge is 0.302 e. The molecule has 0 N–H and O–H groups in total. The molecule has 0 bridgehead atoms. The first-order valence-electron chi connectivity index (χ1n) is 4.92. The number of halogens is 1. The van der Waals surface area contributed by atoms with Crippen molar-refractivity contribution in [2.24, 2.45) is 0 Å². The maximum absolute atomic E-state index is 10.6. The highest BCUT2D eigenvalue weighted by Crippen LogP contribution is 2.40. The molecule has 2 heterocycles. The van der Waals surface area contributed by atoms with Crippen molar-refractivity contribution in [3.05, 3.63) is 34.9 Å². The number of rotatable bonds is 2. The Labute approximate surface area is 91.7 Å². The van der Waals surface area contributed by atoms with Crippen molar-refractivity contribution in [2.75, 3.05) is 0 Å². The lowest BCUT2D eigenvalue weighted by Crippen LogP contribution is -1.92. The van der Waals surface area contributed by atoms with E-state index < -0.39 is 0 Å². The van der Waals surface area contributed by atoms with Gasteiger partial charge in [0.15, 0.2) is 5.15 Å². The van der Waals surface area contributed by atoms with Gasteiger partial charge in [-0.25, -0.2) is 4.98 Å². The van der Waals surface area contributed by atoms with Crippen LogP contribution in [0.15, 0.2) is 18.3 Å². The Hall–Kier alpha value is -1.35. The van der Waals surface area contributed by atoms with E-state index >= 15 is 0 Å². The molecule has 3 nitrogen and oxygen atoms in total. The highest BCUT2D eigenvalue weighted by molar-refractivity contribution is 6.32. The Balaban J connectivity index is 2.28. The standard InChI is InChI=1S/C11H9ClN2O/c12-10-9-5-7(6-15)3-4-14(9)11(13-10)8-1-2-8/h3-6,8H,1-2H2. The summed E-state index contributed by atoms with van der Waals surface area (Å²) in [6.45, 7) is 0. The second-order valence-corrected chi connectivity index (χ2v) is 4.23. The summed E-state index contributed by atoms with van der Waals surface area (Å²) in [5, 5.41) is 0.487. The lowest BCUT2D eigenvalue weighted by Gasteiger charge is -1.98. The number of fused-ring (bicyclic) bond motifs is 1. The van der Waals surface area contributed by atoms with Crippen molar-refractivity contribution in [3.8, 4) is 0 Å². The Morgan fingerprint density at radius 3 is 3.00 bits per heavy atom. The summed E-state index contributed by atoms with van der Waals surface area (Å²) in [5.74, 6) is 1.57. The fourth-order valence-electron chi connectivity index (χ4n) is 1.79. The molecule has 1 saturated carbocycles. The minimum atomic E-state index is 0.487. The molecule has 15 heavy (non-hydrogen) atoms. The van der Waals surface area contributed by atoms with Gasteiger partial charge in [0.1, 0.15) is 12.1 Å². The fourth-order valence-corrected chi connectivity index (χ4v) is 2.02.